The second-order valence-corrected chi connectivity index (χ2v) is 8.00. The Balaban J connectivity index is 2.29. The second-order valence-electron chi connectivity index (χ2n) is 8.00. The molecule has 0 radical (unpaired) electrons. The fraction of sp³-hybridized carbons (Fsp3) is 0.636. The maximum atomic E-state index is 10.8. The predicted octanol–water partition coefficient (Wildman–Crippen LogP) is 6.62. The summed E-state index contributed by atoms with van der Waals surface area (Å²) >= 11 is 0. The van der Waals surface area contributed by atoms with Crippen LogP contribution in [-0.2, 0) is 4.74 Å². The molecular weight excluding hydrogens is 296 g/mol. The van der Waals surface area contributed by atoms with Crippen LogP contribution in [-0.4, -0.2) is 10.7 Å². The molecule has 134 valence electrons. The second kappa shape index (κ2) is 7.63. The molecule has 0 saturated carbocycles. The van der Waals surface area contributed by atoms with Gasteiger partial charge >= 0.3 is 0 Å². The Morgan fingerprint density at radius 2 is 2.08 bits per heavy atom. The van der Waals surface area contributed by atoms with E-state index in [1.54, 1.807) is 0 Å². The molecule has 1 aliphatic heterocycles. The summed E-state index contributed by atoms with van der Waals surface area (Å²) in [4.78, 5) is 0. The third-order valence-corrected chi connectivity index (χ3v) is 5.49. The van der Waals surface area contributed by atoms with Crippen molar-refractivity contribution >= 4 is 0 Å². The lowest BCUT2D eigenvalue weighted by molar-refractivity contribution is -0.0522. The molecule has 2 nitrogen and oxygen atoms in total. The van der Waals surface area contributed by atoms with E-state index in [0.29, 0.717) is 11.7 Å². The van der Waals surface area contributed by atoms with Crippen molar-refractivity contribution in [2.45, 2.75) is 78.7 Å². The summed E-state index contributed by atoms with van der Waals surface area (Å²) in [6.45, 7) is 14.8. The van der Waals surface area contributed by atoms with Crippen LogP contribution < -0.4 is 0 Å². The van der Waals surface area contributed by atoms with Crippen LogP contribution in [0.4, 0.5) is 0 Å². The number of rotatable bonds is 6. The molecule has 0 aromatic heterocycles. The van der Waals surface area contributed by atoms with Gasteiger partial charge in [0.15, 0.2) is 0 Å². The van der Waals surface area contributed by atoms with E-state index in [9.17, 15) is 5.11 Å². The van der Waals surface area contributed by atoms with Gasteiger partial charge in [0.05, 0.1) is 0 Å². The van der Waals surface area contributed by atoms with Gasteiger partial charge in [-0.3, -0.25) is 0 Å². The summed E-state index contributed by atoms with van der Waals surface area (Å²) in [6, 6.07) is 0. The Hall–Kier alpha value is -1.44. The van der Waals surface area contributed by atoms with Gasteiger partial charge in [0.25, 0.3) is 0 Å². The van der Waals surface area contributed by atoms with Crippen LogP contribution in [0.2, 0.25) is 0 Å². The van der Waals surface area contributed by atoms with Crippen molar-refractivity contribution in [2.24, 2.45) is 11.8 Å². The summed E-state index contributed by atoms with van der Waals surface area (Å²) < 4.78 is 6.21. The molecule has 24 heavy (non-hydrogen) atoms. The fourth-order valence-corrected chi connectivity index (χ4v) is 4.19. The average molecular weight is 331 g/mol. The topological polar surface area (TPSA) is 29.5 Å². The molecule has 0 saturated heterocycles. The highest BCUT2D eigenvalue weighted by atomic mass is 16.5. The first-order valence-electron chi connectivity index (χ1n) is 9.42. The van der Waals surface area contributed by atoms with Gasteiger partial charge in [-0.25, -0.2) is 0 Å². The molecule has 0 spiro atoms. The zero-order chi connectivity index (χ0) is 17.9. The van der Waals surface area contributed by atoms with Gasteiger partial charge in [0.1, 0.15) is 17.1 Å². The summed E-state index contributed by atoms with van der Waals surface area (Å²) in [7, 11) is 0. The summed E-state index contributed by atoms with van der Waals surface area (Å²) in [5, 5.41) is 10.8. The van der Waals surface area contributed by atoms with E-state index in [0.717, 1.165) is 42.6 Å². The van der Waals surface area contributed by atoms with Gasteiger partial charge in [-0.2, -0.15) is 0 Å². The number of aliphatic hydroxyl groups is 1. The fourth-order valence-electron chi connectivity index (χ4n) is 4.19. The summed E-state index contributed by atoms with van der Waals surface area (Å²) in [5.74, 6) is 1.83. The van der Waals surface area contributed by atoms with Crippen molar-refractivity contribution in [3.05, 3.63) is 47.0 Å². The van der Waals surface area contributed by atoms with E-state index < -0.39 is 0 Å². The quantitative estimate of drug-likeness (QED) is 0.257. The van der Waals surface area contributed by atoms with Gasteiger partial charge in [0.2, 0.25) is 0 Å². The number of aliphatic hydroxyl groups excluding tert-OH is 1. The lowest BCUT2D eigenvalue weighted by Crippen LogP contribution is -2.44. The van der Waals surface area contributed by atoms with Gasteiger partial charge in [0, 0.05) is 17.4 Å². The van der Waals surface area contributed by atoms with Crippen molar-refractivity contribution in [2.75, 3.05) is 0 Å². The van der Waals surface area contributed by atoms with Gasteiger partial charge in [-0.05, 0) is 59.5 Å². The Morgan fingerprint density at radius 1 is 1.38 bits per heavy atom. The van der Waals surface area contributed by atoms with Crippen molar-refractivity contribution in [3.8, 4) is 0 Å². The highest BCUT2D eigenvalue weighted by molar-refractivity contribution is 5.40. The van der Waals surface area contributed by atoms with Crippen LogP contribution in [0.1, 0.15) is 73.1 Å². The molecular formula is C22H34O2. The van der Waals surface area contributed by atoms with Gasteiger partial charge in [-0.15, -0.1) is 0 Å². The van der Waals surface area contributed by atoms with E-state index in [-0.39, 0.29) is 11.5 Å². The van der Waals surface area contributed by atoms with Gasteiger partial charge in [-0.1, -0.05) is 43.6 Å². The zero-order valence-electron chi connectivity index (χ0n) is 16.1. The first-order chi connectivity index (χ1) is 11.3. The third-order valence-electron chi connectivity index (χ3n) is 5.49. The van der Waals surface area contributed by atoms with Crippen LogP contribution in [0.15, 0.2) is 47.0 Å². The number of unbranched alkanes of at least 4 members (excludes halogenated alkanes) is 2. The van der Waals surface area contributed by atoms with Crippen LogP contribution in [0.5, 0.6) is 0 Å². The highest BCUT2D eigenvalue weighted by Gasteiger charge is 2.45. The maximum Gasteiger partial charge on any atom is 0.122 e. The lowest BCUT2D eigenvalue weighted by Gasteiger charge is -2.46. The van der Waals surface area contributed by atoms with E-state index in [1.807, 2.05) is 13.0 Å². The minimum absolute atomic E-state index is 0.187. The standard InChI is InChI=1S/C22H34O2/c1-7-8-9-10-15(2)14-20(23)21-17(4)24-22(5,6)19-12-11-16(3)13-18(19)21/h13-14,18-19,23H,2,7-12H2,1,3-6H3/b20-14+/t18-,19-/m1/s1. The number of ether oxygens (including phenoxy) is 1. The third kappa shape index (κ3) is 4.15. The molecule has 1 heterocycles. The van der Waals surface area contributed by atoms with Gasteiger partial charge < -0.3 is 9.84 Å². The molecule has 0 amide bonds. The highest BCUT2D eigenvalue weighted by Crippen LogP contribution is 2.48. The maximum absolute atomic E-state index is 10.8. The van der Waals surface area contributed by atoms with E-state index in [1.165, 1.54) is 18.4 Å². The normalized spacial score (nSPS) is 26.5. The molecule has 1 aliphatic carbocycles. The molecule has 0 aromatic rings. The number of hydrogen-bond donors (Lipinski definition) is 1. The predicted molar refractivity (Wildman–Crippen MR) is 102 cm³/mol. The number of hydrogen-bond acceptors (Lipinski definition) is 2. The Bertz CT molecular complexity index is 575. The van der Waals surface area contributed by atoms with Crippen LogP contribution in [0.3, 0.4) is 0 Å². The molecule has 2 aliphatic rings. The molecule has 2 rings (SSSR count). The molecule has 1 N–H and O–H groups in total. The smallest absolute Gasteiger partial charge is 0.122 e. The Kier molecular flexibility index (Phi) is 6.01. The van der Waals surface area contributed by atoms with Crippen molar-refractivity contribution in [3.63, 3.8) is 0 Å². The van der Waals surface area contributed by atoms with E-state index in [2.05, 4.69) is 40.3 Å². The van der Waals surface area contributed by atoms with Crippen LogP contribution in [0, 0.1) is 11.8 Å². The lowest BCUT2D eigenvalue weighted by atomic mass is 9.67. The molecule has 2 heteroatoms. The molecule has 0 aromatic carbocycles. The van der Waals surface area contributed by atoms with Crippen molar-refractivity contribution in [1.82, 2.24) is 0 Å². The summed E-state index contributed by atoms with van der Waals surface area (Å²) in [5.41, 5.74) is 3.18. The van der Waals surface area contributed by atoms with E-state index >= 15 is 0 Å². The van der Waals surface area contributed by atoms with Crippen molar-refractivity contribution < 1.29 is 9.84 Å². The Labute approximate surface area is 148 Å². The van der Waals surface area contributed by atoms with E-state index in [4.69, 9.17) is 4.74 Å². The minimum atomic E-state index is -0.187. The minimum Gasteiger partial charge on any atom is -0.508 e. The monoisotopic (exact) mass is 330 g/mol. The van der Waals surface area contributed by atoms with Crippen molar-refractivity contribution in [1.29, 1.82) is 0 Å². The SMILES string of the molecule is C=C(/C=C(/O)C1=C(C)OC(C)(C)[C@@H]2CCC(C)=C[C@@H]12)CCCCC. The first kappa shape index (κ1) is 18.9. The summed E-state index contributed by atoms with van der Waals surface area (Å²) in [6.07, 6.45) is 10.9. The largest absolute Gasteiger partial charge is 0.508 e. The van der Waals surface area contributed by atoms with Crippen LogP contribution in [0.25, 0.3) is 0 Å². The number of fused-ring (bicyclic) bond motifs is 1. The molecule has 0 bridgehead atoms. The molecule has 2 atom stereocenters. The first-order valence-corrected chi connectivity index (χ1v) is 9.42. The van der Waals surface area contributed by atoms with Crippen LogP contribution >= 0.6 is 0 Å². The average Bonchev–Trinajstić information content (AvgIpc) is 2.46. The molecule has 0 fully saturated rings. The zero-order valence-corrected chi connectivity index (χ0v) is 16.1. The Morgan fingerprint density at radius 3 is 2.75 bits per heavy atom. The number of allylic oxidation sites excluding steroid dienone is 6. The molecule has 0 unspecified atom stereocenters.